The second-order valence-electron chi connectivity index (χ2n) is 0.992. The fourth-order valence-corrected chi connectivity index (χ4v) is 0.319. The van der Waals surface area contributed by atoms with Gasteiger partial charge in [-0.3, -0.25) is 0 Å². The summed E-state index contributed by atoms with van der Waals surface area (Å²) in [7, 11) is 0. The van der Waals surface area contributed by atoms with Crippen LogP contribution < -0.4 is 5.32 Å². The maximum atomic E-state index is 9.57. The smallest absolute Gasteiger partial charge is 0.133 e. The molecule has 0 aromatic rings. The van der Waals surface area contributed by atoms with Crippen molar-refractivity contribution in [2.75, 3.05) is 13.1 Å². The van der Waals surface area contributed by atoms with Crippen LogP contribution in [0.4, 0.5) is 0 Å². The summed E-state index contributed by atoms with van der Waals surface area (Å²) in [6.45, 7) is 1.03. The van der Waals surface area contributed by atoms with Crippen LogP contribution in [-0.4, -0.2) is 24.7 Å². The summed E-state index contributed by atoms with van der Waals surface area (Å²) >= 11 is 4.46. The molecule has 0 rings (SSSR count). The van der Waals surface area contributed by atoms with Crippen molar-refractivity contribution < 1.29 is 4.79 Å². The van der Waals surface area contributed by atoms with E-state index in [0.29, 0.717) is 13.1 Å². The van der Waals surface area contributed by atoms with E-state index >= 15 is 0 Å². The summed E-state index contributed by atoms with van der Waals surface area (Å²) in [5.74, 6) is 0. The molecule has 7 heavy (non-hydrogen) atoms. The van der Waals surface area contributed by atoms with Crippen LogP contribution in [0.25, 0.3) is 0 Å². The standard InChI is InChI=1S/C4H7NOS/c6-3-1-5-2-4-7/h3-5H,1-2H2. The van der Waals surface area contributed by atoms with E-state index < -0.39 is 0 Å². The maximum Gasteiger partial charge on any atom is 0.133 e. The van der Waals surface area contributed by atoms with Crippen molar-refractivity contribution >= 4 is 23.9 Å². The van der Waals surface area contributed by atoms with Gasteiger partial charge in [0.15, 0.2) is 0 Å². The van der Waals surface area contributed by atoms with Gasteiger partial charge in [-0.2, -0.15) is 0 Å². The second-order valence-corrected chi connectivity index (χ2v) is 1.32. The molecule has 0 saturated heterocycles. The van der Waals surface area contributed by atoms with Crippen molar-refractivity contribution in [2.45, 2.75) is 0 Å². The summed E-state index contributed by atoms with van der Waals surface area (Å²) < 4.78 is 0. The van der Waals surface area contributed by atoms with Crippen molar-refractivity contribution in [3.63, 3.8) is 0 Å². The van der Waals surface area contributed by atoms with Gasteiger partial charge in [0.25, 0.3) is 0 Å². The van der Waals surface area contributed by atoms with E-state index in [1.807, 2.05) is 0 Å². The molecule has 0 saturated carbocycles. The van der Waals surface area contributed by atoms with E-state index in [1.54, 1.807) is 5.37 Å². The number of carbonyl (C=O) groups is 1. The average molecular weight is 117 g/mol. The quantitative estimate of drug-likeness (QED) is 0.313. The van der Waals surface area contributed by atoms with E-state index in [9.17, 15) is 4.79 Å². The number of carbonyl (C=O) groups excluding carboxylic acids is 1. The van der Waals surface area contributed by atoms with Gasteiger partial charge in [-0.25, -0.2) is 0 Å². The molecule has 0 aliphatic carbocycles. The maximum absolute atomic E-state index is 9.57. The van der Waals surface area contributed by atoms with E-state index in [4.69, 9.17) is 0 Å². The molecule has 0 heterocycles. The van der Waals surface area contributed by atoms with Crippen LogP contribution in [0.2, 0.25) is 0 Å². The Morgan fingerprint density at radius 1 is 1.57 bits per heavy atom. The molecular weight excluding hydrogens is 110 g/mol. The molecule has 0 radical (unpaired) electrons. The summed E-state index contributed by atoms with van der Waals surface area (Å²) in [4.78, 5) is 9.57. The molecule has 0 fully saturated rings. The van der Waals surface area contributed by atoms with E-state index in [2.05, 4.69) is 17.5 Å². The van der Waals surface area contributed by atoms with Gasteiger partial charge in [-0.15, -0.1) is 0 Å². The van der Waals surface area contributed by atoms with Gasteiger partial charge in [-0.1, -0.05) is 12.2 Å². The van der Waals surface area contributed by atoms with Crippen LogP contribution >= 0.6 is 12.2 Å². The zero-order valence-corrected chi connectivity index (χ0v) is 4.70. The van der Waals surface area contributed by atoms with Crippen molar-refractivity contribution in [2.24, 2.45) is 0 Å². The lowest BCUT2D eigenvalue weighted by Crippen LogP contribution is -2.17. The van der Waals surface area contributed by atoms with Crippen LogP contribution in [0.5, 0.6) is 0 Å². The van der Waals surface area contributed by atoms with Crippen LogP contribution in [0, 0.1) is 0 Å². The third kappa shape index (κ3) is 5.72. The Morgan fingerprint density at radius 2 is 2.29 bits per heavy atom. The largest absolute Gasteiger partial charge is 0.306 e. The molecule has 1 N–H and O–H groups in total. The highest BCUT2D eigenvalue weighted by Crippen LogP contribution is 1.49. The van der Waals surface area contributed by atoms with Gasteiger partial charge in [-0.05, 0) is 5.37 Å². The Hall–Kier alpha value is -0.280. The zero-order valence-electron chi connectivity index (χ0n) is 3.89. The molecular formula is C4H7NOS. The van der Waals surface area contributed by atoms with Crippen molar-refractivity contribution in [1.29, 1.82) is 0 Å². The molecule has 0 aromatic heterocycles. The highest BCUT2D eigenvalue weighted by molar-refractivity contribution is 7.79. The highest BCUT2D eigenvalue weighted by Gasteiger charge is 1.74. The fraction of sp³-hybridized carbons (Fsp3) is 0.500. The first-order chi connectivity index (χ1) is 3.41. The minimum absolute atomic E-state index is 0.396. The first-order valence-corrected chi connectivity index (χ1v) is 2.47. The first-order valence-electron chi connectivity index (χ1n) is 2.00. The Morgan fingerprint density at radius 3 is 2.71 bits per heavy atom. The SMILES string of the molecule is O=CCNCC=S. The predicted octanol–water partition coefficient (Wildman–Crippen LogP) is -0.225. The average Bonchev–Trinajstić information content (AvgIpc) is 1.69. The predicted molar refractivity (Wildman–Crippen MR) is 32.6 cm³/mol. The lowest BCUT2D eigenvalue weighted by molar-refractivity contribution is -0.107. The number of thiocarbonyl (C=S) groups is 1. The molecule has 0 aliphatic rings. The van der Waals surface area contributed by atoms with E-state index in [-0.39, 0.29) is 0 Å². The molecule has 0 aromatic carbocycles. The summed E-state index contributed by atoms with van der Waals surface area (Å²) in [5, 5.41) is 4.30. The molecule has 0 bridgehead atoms. The molecule has 0 aliphatic heterocycles. The first kappa shape index (κ1) is 6.72. The Balaban J connectivity index is 2.68. The molecule has 2 nitrogen and oxygen atoms in total. The zero-order chi connectivity index (χ0) is 5.54. The Bertz CT molecular complexity index is 56.7. The van der Waals surface area contributed by atoms with Crippen molar-refractivity contribution in [3.05, 3.63) is 0 Å². The lowest BCUT2D eigenvalue weighted by atomic mass is 10.6. The number of hydrogen-bond donors (Lipinski definition) is 1. The summed E-state index contributed by atoms with van der Waals surface area (Å²) in [5.41, 5.74) is 0. The van der Waals surface area contributed by atoms with E-state index in [0.717, 1.165) is 6.29 Å². The molecule has 40 valence electrons. The molecule has 0 amide bonds. The van der Waals surface area contributed by atoms with Crippen LogP contribution in [-0.2, 0) is 4.79 Å². The van der Waals surface area contributed by atoms with Crippen LogP contribution in [0.1, 0.15) is 0 Å². The minimum Gasteiger partial charge on any atom is -0.306 e. The topological polar surface area (TPSA) is 29.1 Å². The Kier molecular flexibility index (Phi) is 5.49. The Labute approximate surface area is 47.9 Å². The second kappa shape index (κ2) is 5.72. The molecule has 3 heteroatoms. The number of rotatable bonds is 4. The van der Waals surface area contributed by atoms with Gasteiger partial charge in [0.2, 0.25) is 0 Å². The number of nitrogens with one attached hydrogen (secondary N) is 1. The summed E-state index contributed by atoms with van der Waals surface area (Å²) in [6.07, 6.45) is 0.804. The number of hydrogen-bond acceptors (Lipinski definition) is 3. The number of aldehydes is 1. The van der Waals surface area contributed by atoms with Gasteiger partial charge in [0.1, 0.15) is 6.29 Å². The van der Waals surface area contributed by atoms with Gasteiger partial charge >= 0.3 is 0 Å². The van der Waals surface area contributed by atoms with Gasteiger partial charge in [0.05, 0.1) is 6.54 Å². The fourth-order valence-electron chi connectivity index (χ4n) is 0.201. The lowest BCUT2D eigenvalue weighted by Gasteiger charge is -1.86. The third-order valence-electron chi connectivity index (χ3n) is 0.455. The van der Waals surface area contributed by atoms with Gasteiger partial charge < -0.3 is 10.1 Å². The van der Waals surface area contributed by atoms with E-state index in [1.165, 1.54) is 0 Å². The molecule has 0 atom stereocenters. The van der Waals surface area contributed by atoms with Crippen LogP contribution in [0.3, 0.4) is 0 Å². The monoisotopic (exact) mass is 117 g/mol. The van der Waals surface area contributed by atoms with Crippen molar-refractivity contribution in [1.82, 2.24) is 5.32 Å². The summed E-state index contributed by atoms with van der Waals surface area (Å²) in [6, 6.07) is 0. The highest BCUT2D eigenvalue weighted by atomic mass is 32.1. The normalized spacial score (nSPS) is 8.00. The molecule has 0 spiro atoms. The minimum atomic E-state index is 0.396. The third-order valence-corrected chi connectivity index (χ3v) is 0.622. The van der Waals surface area contributed by atoms with Crippen molar-refractivity contribution in [3.8, 4) is 0 Å². The van der Waals surface area contributed by atoms with Crippen LogP contribution in [0.15, 0.2) is 0 Å². The molecule has 0 unspecified atom stereocenters. The van der Waals surface area contributed by atoms with Gasteiger partial charge in [0, 0.05) is 6.54 Å².